The van der Waals surface area contributed by atoms with Crippen LogP contribution in [0.25, 0.3) is 0 Å². The van der Waals surface area contributed by atoms with Crippen molar-refractivity contribution in [2.75, 3.05) is 13.1 Å². The third-order valence-electron chi connectivity index (χ3n) is 4.45. The summed E-state index contributed by atoms with van der Waals surface area (Å²) >= 11 is 0. The number of hydrogen-bond acceptors (Lipinski definition) is 2. The fourth-order valence-corrected chi connectivity index (χ4v) is 3.08. The van der Waals surface area contributed by atoms with Crippen molar-refractivity contribution in [3.63, 3.8) is 0 Å². The first-order valence-electron chi connectivity index (χ1n) is 7.66. The largest absolute Gasteiger partial charge is 0.312 e. The Bertz CT molecular complexity index is 217. The van der Waals surface area contributed by atoms with Crippen LogP contribution in [-0.4, -0.2) is 36.1 Å². The molecule has 2 aliphatic rings. The van der Waals surface area contributed by atoms with E-state index < -0.39 is 0 Å². The molecule has 0 heterocycles. The molecule has 0 spiro atoms. The van der Waals surface area contributed by atoms with Gasteiger partial charge in [-0.1, -0.05) is 12.8 Å². The number of nitrogens with one attached hydrogen (secondary N) is 1. The molecule has 1 atom stereocenters. The Morgan fingerprint density at radius 3 is 2.24 bits per heavy atom. The van der Waals surface area contributed by atoms with Crippen LogP contribution in [0, 0.1) is 5.92 Å². The van der Waals surface area contributed by atoms with Gasteiger partial charge in [0, 0.05) is 31.2 Å². The lowest BCUT2D eigenvalue weighted by Crippen LogP contribution is -2.46. The second-order valence-electron chi connectivity index (χ2n) is 6.47. The Balaban J connectivity index is 1.72. The molecular weight excluding hydrogens is 208 g/mol. The van der Waals surface area contributed by atoms with Crippen LogP contribution in [0.15, 0.2) is 0 Å². The molecule has 2 saturated carbocycles. The van der Waals surface area contributed by atoms with Gasteiger partial charge < -0.3 is 5.32 Å². The normalized spacial score (nSPS) is 23.8. The highest BCUT2D eigenvalue weighted by Crippen LogP contribution is 2.31. The number of rotatable bonds is 7. The average molecular weight is 238 g/mol. The molecule has 2 rings (SSSR count). The second-order valence-corrected chi connectivity index (χ2v) is 6.47. The highest BCUT2D eigenvalue weighted by atomic mass is 15.2. The molecule has 0 aromatic heterocycles. The van der Waals surface area contributed by atoms with Gasteiger partial charge in [0.25, 0.3) is 0 Å². The Labute approximate surface area is 107 Å². The van der Waals surface area contributed by atoms with Gasteiger partial charge in [-0.2, -0.15) is 0 Å². The van der Waals surface area contributed by atoms with Gasteiger partial charge in [-0.15, -0.1) is 0 Å². The standard InChI is InChI=1S/C15H30N2/c1-12(2)17(11-14-8-9-14)13(3)10-16-15-6-4-5-7-15/h12-16H,4-11H2,1-3H3. The van der Waals surface area contributed by atoms with E-state index in [0.717, 1.165) is 12.0 Å². The maximum atomic E-state index is 3.77. The van der Waals surface area contributed by atoms with E-state index >= 15 is 0 Å². The molecule has 0 aromatic rings. The van der Waals surface area contributed by atoms with Crippen LogP contribution in [0.2, 0.25) is 0 Å². The highest BCUT2D eigenvalue weighted by molar-refractivity contribution is 4.83. The molecular formula is C15H30N2. The molecule has 2 heteroatoms. The summed E-state index contributed by atoms with van der Waals surface area (Å²) in [5.41, 5.74) is 0. The zero-order valence-electron chi connectivity index (χ0n) is 11.9. The lowest BCUT2D eigenvalue weighted by Gasteiger charge is -2.33. The van der Waals surface area contributed by atoms with Crippen molar-refractivity contribution in [2.45, 2.75) is 77.4 Å². The third kappa shape index (κ3) is 4.26. The van der Waals surface area contributed by atoms with E-state index in [1.807, 2.05) is 0 Å². The van der Waals surface area contributed by atoms with Crippen LogP contribution in [0.4, 0.5) is 0 Å². The maximum Gasteiger partial charge on any atom is 0.0195 e. The molecule has 0 bridgehead atoms. The molecule has 0 radical (unpaired) electrons. The summed E-state index contributed by atoms with van der Waals surface area (Å²) in [5, 5.41) is 3.77. The first kappa shape index (κ1) is 13.4. The fourth-order valence-electron chi connectivity index (χ4n) is 3.08. The predicted molar refractivity (Wildman–Crippen MR) is 74.3 cm³/mol. The summed E-state index contributed by atoms with van der Waals surface area (Å²) in [5.74, 6) is 1.01. The summed E-state index contributed by atoms with van der Waals surface area (Å²) in [6, 6.07) is 2.19. The maximum absolute atomic E-state index is 3.77. The van der Waals surface area contributed by atoms with Crippen molar-refractivity contribution in [3.05, 3.63) is 0 Å². The molecule has 2 nitrogen and oxygen atoms in total. The lowest BCUT2D eigenvalue weighted by molar-refractivity contribution is 0.151. The molecule has 1 N–H and O–H groups in total. The SMILES string of the molecule is CC(C)N(CC1CC1)C(C)CNC1CCCC1. The van der Waals surface area contributed by atoms with E-state index in [4.69, 9.17) is 0 Å². The van der Waals surface area contributed by atoms with Gasteiger partial charge >= 0.3 is 0 Å². The van der Waals surface area contributed by atoms with Crippen LogP contribution in [0.1, 0.15) is 59.3 Å². The molecule has 2 aliphatic carbocycles. The zero-order chi connectivity index (χ0) is 12.3. The van der Waals surface area contributed by atoms with Crippen molar-refractivity contribution in [3.8, 4) is 0 Å². The quantitative estimate of drug-likeness (QED) is 0.733. The van der Waals surface area contributed by atoms with Gasteiger partial charge in [0.2, 0.25) is 0 Å². The molecule has 1 unspecified atom stereocenters. The fraction of sp³-hybridized carbons (Fsp3) is 1.00. The summed E-state index contributed by atoms with van der Waals surface area (Å²) < 4.78 is 0. The van der Waals surface area contributed by atoms with Gasteiger partial charge in [-0.25, -0.2) is 0 Å². The van der Waals surface area contributed by atoms with Crippen molar-refractivity contribution in [1.82, 2.24) is 10.2 Å². The number of hydrogen-bond donors (Lipinski definition) is 1. The molecule has 17 heavy (non-hydrogen) atoms. The first-order chi connectivity index (χ1) is 8.16. The molecule has 2 fully saturated rings. The molecule has 0 saturated heterocycles. The Kier molecular flexibility index (Phi) is 4.87. The van der Waals surface area contributed by atoms with Gasteiger partial charge in [0.1, 0.15) is 0 Å². The smallest absolute Gasteiger partial charge is 0.0195 e. The predicted octanol–water partition coefficient (Wildman–Crippen LogP) is 3.03. The lowest BCUT2D eigenvalue weighted by atomic mass is 10.1. The molecule has 0 aromatic carbocycles. The van der Waals surface area contributed by atoms with Gasteiger partial charge in [0.15, 0.2) is 0 Å². The van der Waals surface area contributed by atoms with E-state index in [2.05, 4.69) is 31.0 Å². The van der Waals surface area contributed by atoms with E-state index in [9.17, 15) is 0 Å². The van der Waals surface area contributed by atoms with E-state index in [1.165, 1.54) is 51.6 Å². The van der Waals surface area contributed by atoms with Crippen molar-refractivity contribution < 1.29 is 0 Å². The van der Waals surface area contributed by atoms with Crippen LogP contribution in [0.3, 0.4) is 0 Å². The summed E-state index contributed by atoms with van der Waals surface area (Å²) in [6.07, 6.45) is 8.59. The topological polar surface area (TPSA) is 15.3 Å². The first-order valence-corrected chi connectivity index (χ1v) is 7.66. The Morgan fingerprint density at radius 2 is 1.71 bits per heavy atom. The van der Waals surface area contributed by atoms with Crippen LogP contribution in [-0.2, 0) is 0 Å². The minimum absolute atomic E-state index is 0.691. The summed E-state index contributed by atoms with van der Waals surface area (Å²) in [4.78, 5) is 2.69. The zero-order valence-corrected chi connectivity index (χ0v) is 11.9. The van der Waals surface area contributed by atoms with Crippen molar-refractivity contribution >= 4 is 0 Å². The number of nitrogens with zero attached hydrogens (tertiary/aromatic N) is 1. The highest BCUT2D eigenvalue weighted by Gasteiger charge is 2.28. The molecule has 100 valence electrons. The van der Waals surface area contributed by atoms with E-state index in [1.54, 1.807) is 0 Å². The molecule has 0 amide bonds. The van der Waals surface area contributed by atoms with Crippen LogP contribution < -0.4 is 5.32 Å². The average Bonchev–Trinajstić information content (AvgIpc) is 2.96. The van der Waals surface area contributed by atoms with Gasteiger partial charge in [-0.3, -0.25) is 4.90 Å². The Morgan fingerprint density at radius 1 is 1.06 bits per heavy atom. The van der Waals surface area contributed by atoms with Crippen molar-refractivity contribution in [1.29, 1.82) is 0 Å². The van der Waals surface area contributed by atoms with E-state index in [-0.39, 0.29) is 0 Å². The minimum atomic E-state index is 0.691. The third-order valence-corrected chi connectivity index (χ3v) is 4.45. The van der Waals surface area contributed by atoms with Gasteiger partial charge in [-0.05, 0) is 52.4 Å². The summed E-state index contributed by atoms with van der Waals surface area (Å²) in [7, 11) is 0. The minimum Gasteiger partial charge on any atom is -0.312 e. The monoisotopic (exact) mass is 238 g/mol. The summed E-state index contributed by atoms with van der Waals surface area (Å²) in [6.45, 7) is 9.58. The van der Waals surface area contributed by atoms with Gasteiger partial charge in [0.05, 0.1) is 0 Å². The van der Waals surface area contributed by atoms with E-state index in [0.29, 0.717) is 12.1 Å². The van der Waals surface area contributed by atoms with Crippen LogP contribution in [0.5, 0.6) is 0 Å². The van der Waals surface area contributed by atoms with Crippen molar-refractivity contribution in [2.24, 2.45) is 5.92 Å². The van der Waals surface area contributed by atoms with Crippen LogP contribution >= 0.6 is 0 Å². The Hall–Kier alpha value is -0.0800. The molecule has 0 aliphatic heterocycles. The second kappa shape index (κ2) is 6.19.